The Bertz CT molecular complexity index is 1550. The molecule has 0 aromatic heterocycles. The van der Waals surface area contributed by atoms with Crippen molar-refractivity contribution < 1.29 is 27.0 Å². The Morgan fingerprint density at radius 2 is 1.64 bits per heavy atom. The van der Waals surface area contributed by atoms with Gasteiger partial charge in [0.15, 0.2) is 0 Å². The van der Waals surface area contributed by atoms with E-state index in [0.717, 1.165) is 16.0 Å². The Balaban J connectivity index is 1.77. The molecule has 0 radical (unpaired) electrons. The Hall–Kier alpha value is -3.76. The molecule has 4 rings (SSSR count). The number of barbiturate groups is 1. The Morgan fingerprint density at radius 3 is 2.33 bits per heavy atom. The first-order valence-corrected chi connectivity index (χ1v) is 13.0. The summed E-state index contributed by atoms with van der Waals surface area (Å²) in [5, 5.41) is 2.18. The summed E-state index contributed by atoms with van der Waals surface area (Å²) < 4.78 is 31.7. The van der Waals surface area contributed by atoms with E-state index in [2.05, 4.69) is 21.2 Å². The van der Waals surface area contributed by atoms with E-state index in [1.54, 1.807) is 37.3 Å². The van der Waals surface area contributed by atoms with E-state index < -0.39 is 28.0 Å². The highest BCUT2D eigenvalue weighted by molar-refractivity contribution is 9.10. The summed E-state index contributed by atoms with van der Waals surface area (Å²) in [7, 11) is -4.20. The minimum absolute atomic E-state index is 0.0483. The first kappa shape index (κ1) is 25.3. The number of benzene rings is 3. The predicted molar refractivity (Wildman–Crippen MR) is 138 cm³/mol. The van der Waals surface area contributed by atoms with Crippen molar-refractivity contribution in [2.24, 2.45) is 0 Å². The van der Waals surface area contributed by atoms with Gasteiger partial charge in [0.1, 0.15) is 16.2 Å². The zero-order valence-electron chi connectivity index (χ0n) is 19.5. The molecule has 0 atom stereocenters. The second kappa shape index (κ2) is 9.71. The molecule has 8 nitrogen and oxygen atoms in total. The molecule has 3 aromatic rings. The minimum Gasteiger partial charge on any atom is -0.378 e. The molecular weight excluding hydrogens is 548 g/mol. The molecule has 1 aliphatic heterocycles. The number of urea groups is 1. The third kappa shape index (κ3) is 4.95. The first-order valence-electron chi connectivity index (χ1n) is 10.8. The normalized spacial score (nSPS) is 15.3. The molecular formula is C26H21BrN2O6S. The molecule has 1 N–H and O–H groups in total. The van der Waals surface area contributed by atoms with Gasteiger partial charge in [0.05, 0.1) is 5.69 Å². The molecule has 1 aliphatic rings. The van der Waals surface area contributed by atoms with Crippen LogP contribution in [0, 0.1) is 20.8 Å². The summed E-state index contributed by atoms with van der Waals surface area (Å²) in [6, 6.07) is 14.9. The summed E-state index contributed by atoms with van der Waals surface area (Å²) in [5.74, 6) is -1.84. The van der Waals surface area contributed by atoms with Crippen LogP contribution in [0.3, 0.4) is 0 Å². The molecule has 184 valence electrons. The number of carbonyl (C=O) groups excluding carboxylic acids is 3. The van der Waals surface area contributed by atoms with Crippen LogP contribution in [0.25, 0.3) is 6.08 Å². The van der Waals surface area contributed by atoms with Crippen molar-refractivity contribution in [3.05, 3.63) is 93.0 Å². The number of rotatable bonds is 5. The Labute approximate surface area is 216 Å². The molecule has 3 aromatic carbocycles. The fourth-order valence-electron chi connectivity index (χ4n) is 3.59. The molecule has 0 spiro atoms. The average molecular weight is 569 g/mol. The van der Waals surface area contributed by atoms with E-state index >= 15 is 0 Å². The predicted octanol–water partition coefficient (Wildman–Crippen LogP) is 4.81. The van der Waals surface area contributed by atoms with Gasteiger partial charge in [0.2, 0.25) is 0 Å². The zero-order valence-corrected chi connectivity index (χ0v) is 21.9. The summed E-state index contributed by atoms with van der Waals surface area (Å²) >= 11 is 3.32. The fraction of sp³-hybridized carbons (Fsp3) is 0.115. The van der Waals surface area contributed by atoms with Crippen LogP contribution in [0.2, 0.25) is 0 Å². The number of imide groups is 2. The van der Waals surface area contributed by atoms with Crippen molar-refractivity contribution in [3.63, 3.8) is 0 Å². The molecule has 36 heavy (non-hydrogen) atoms. The van der Waals surface area contributed by atoms with Crippen molar-refractivity contribution >= 4 is 55.7 Å². The van der Waals surface area contributed by atoms with E-state index in [9.17, 15) is 22.8 Å². The van der Waals surface area contributed by atoms with Gasteiger partial charge in [0.25, 0.3) is 11.8 Å². The molecule has 1 heterocycles. The maximum absolute atomic E-state index is 13.4. The standard InChI is InChI=1S/C26H21BrN2O6S/c1-15-7-10-20(11-8-15)36(33,34)35-23-12-9-19(27)13-18(23)14-21-24(30)28-26(32)29(25(21)31)22-6-4-5-16(2)17(22)3/h4-14H,1-3H3,(H,28,30,32)/b21-14+. The van der Waals surface area contributed by atoms with Crippen LogP contribution in [0.5, 0.6) is 5.75 Å². The second-order valence-electron chi connectivity index (χ2n) is 8.21. The van der Waals surface area contributed by atoms with Crippen LogP contribution in [-0.4, -0.2) is 26.3 Å². The van der Waals surface area contributed by atoms with Gasteiger partial charge >= 0.3 is 16.1 Å². The van der Waals surface area contributed by atoms with E-state index in [0.29, 0.717) is 15.7 Å². The smallest absolute Gasteiger partial charge is 0.339 e. The number of amides is 4. The number of anilines is 1. The fourth-order valence-corrected chi connectivity index (χ4v) is 4.92. The molecule has 1 fully saturated rings. The van der Waals surface area contributed by atoms with E-state index in [1.807, 2.05) is 19.9 Å². The maximum atomic E-state index is 13.4. The molecule has 0 aliphatic carbocycles. The number of nitrogens with zero attached hydrogens (tertiary/aromatic N) is 1. The lowest BCUT2D eigenvalue weighted by molar-refractivity contribution is -0.122. The van der Waals surface area contributed by atoms with Crippen LogP contribution in [0.15, 0.2) is 75.6 Å². The van der Waals surface area contributed by atoms with Gasteiger partial charge in [-0.2, -0.15) is 8.42 Å². The lowest BCUT2D eigenvalue weighted by Gasteiger charge is -2.28. The summed E-state index contributed by atoms with van der Waals surface area (Å²) in [6.07, 6.45) is 1.20. The summed E-state index contributed by atoms with van der Waals surface area (Å²) in [6.45, 7) is 5.43. The van der Waals surface area contributed by atoms with Gasteiger partial charge in [-0.15, -0.1) is 0 Å². The van der Waals surface area contributed by atoms with Crippen molar-refractivity contribution in [1.82, 2.24) is 5.32 Å². The molecule has 4 amide bonds. The van der Waals surface area contributed by atoms with Crippen LogP contribution >= 0.6 is 15.9 Å². The van der Waals surface area contributed by atoms with Crippen molar-refractivity contribution in [2.75, 3.05) is 4.90 Å². The lowest BCUT2D eigenvalue weighted by Crippen LogP contribution is -2.54. The molecule has 0 saturated carbocycles. The monoisotopic (exact) mass is 568 g/mol. The van der Waals surface area contributed by atoms with Gasteiger partial charge in [-0.1, -0.05) is 45.8 Å². The largest absolute Gasteiger partial charge is 0.378 e. The van der Waals surface area contributed by atoms with Crippen molar-refractivity contribution in [2.45, 2.75) is 25.7 Å². The number of hydrogen-bond acceptors (Lipinski definition) is 6. The van der Waals surface area contributed by atoms with Crippen LogP contribution in [0.4, 0.5) is 10.5 Å². The molecule has 0 bridgehead atoms. The Kier molecular flexibility index (Phi) is 6.83. The van der Waals surface area contributed by atoms with Gasteiger partial charge in [-0.05, 0) is 74.4 Å². The number of hydrogen-bond donors (Lipinski definition) is 1. The molecule has 10 heteroatoms. The first-order chi connectivity index (χ1) is 17.0. The van der Waals surface area contributed by atoms with Crippen LogP contribution in [-0.2, 0) is 19.7 Å². The highest BCUT2D eigenvalue weighted by Gasteiger charge is 2.37. The van der Waals surface area contributed by atoms with E-state index in [-0.39, 0.29) is 21.8 Å². The number of carbonyl (C=O) groups is 3. The van der Waals surface area contributed by atoms with E-state index in [1.165, 1.54) is 30.3 Å². The van der Waals surface area contributed by atoms with Gasteiger partial charge < -0.3 is 4.18 Å². The number of halogens is 1. The molecule has 1 saturated heterocycles. The maximum Gasteiger partial charge on any atom is 0.339 e. The second-order valence-corrected chi connectivity index (χ2v) is 10.7. The van der Waals surface area contributed by atoms with Gasteiger partial charge in [-0.3, -0.25) is 14.9 Å². The third-order valence-electron chi connectivity index (χ3n) is 5.70. The van der Waals surface area contributed by atoms with Gasteiger partial charge in [0, 0.05) is 10.0 Å². The quantitative estimate of drug-likeness (QED) is 0.269. The van der Waals surface area contributed by atoms with Crippen molar-refractivity contribution in [3.8, 4) is 5.75 Å². The average Bonchev–Trinajstić information content (AvgIpc) is 2.81. The van der Waals surface area contributed by atoms with Crippen molar-refractivity contribution in [1.29, 1.82) is 0 Å². The van der Waals surface area contributed by atoms with Crippen LogP contribution < -0.4 is 14.4 Å². The van der Waals surface area contributed by atoms with E-state index in [4.69, 9.17) is 4.18 Å². The highest BCUT2D eigenvalue weighted by atomic mass is 79.9. The Morgan fingerprint density at radius 1 is 0.944 bits per heavy atom. The number of aryl methyl sites for hydroxylation is 2. The zero-order chi connectivity index (χ0) is 26.2. The topological polar surface area (TPSA) is 110 Å². The summed E-state index contributed by atoms with van der Waals surface area (Å²) in [4.78, 5) is 39.5. The van der Waals surface area contributed by atoms with Gasteiger partial charge in [-0.25, -0.2) is 9.69 Å². The number of nitrogens with one attached hydrogen (secondary N) is 1. The lowest BCUT2D eigenvalue weighted by atomic mass is 10.0. The highest BCUT2D eigenvalue weighted by Crippen LogP contribution is 2.31. The third-order valence-corrected chi connectivity index (χ3v) is 7.44. The van der Waals surface area contributed by atoms with Crippen LogP contribution in [0.1, 0.15) is 22.3 Å². The summed E-state index contributed by atoms with van der Waals surface area (Å²) in [5.41, 5.74) is 2.57. The SMILES string of the molecule is Cc1ccc(S(=O)(=O)Oc2ccc(Br)cc2/C=C2\C(=O)NC(=O)N(c3cccc(C)c3C)C2=O)cc1. The minimum atomic E-state index is -4.20. The molecule has 0 unspecified atom stereocenters.